The number of nitro benzene ring substituents is 1. The van der Waals surface area contributed by atoms with E-state index in [0.29, 0.717) is 0 Å². The maximum absolute atomic E-state index is 11.8. The minimum Gasteiger partial charge on any atom is -0.494 e. The van der Waals surface area contributed by atoms with E-state index in [0.717, 1.165) is 10.6 Å². The second kappa shape index (κ2) is 5.43. The van der Waals surface area contributed by atoms with E-state index in [9.17, 15) is 18.5 Å². The number of nitrogens with zero attached hydrogens (tertiary/aromatic N) is 2. The minimum absolute atomic E-state index is 0.147. The van der Waals surface area contributed by atoms with Crippen molar-refractivity contribution < 1.29 is 18.1 Å². The summed E-state index contributed by atoms with van der Waals surface area (Å²) in [6.45, 7) is 3.42. The van der Waals surface area contributed by atoms with Gasteiger partial charge in [0.1, 0.15) is 5.75 Å². The van der Waals surface area contributed by atoms with Crippen LogP contribution in [0.5, 0.6) is 5.75 Å². The lowest BCUT2D eigenvalue weighted by molar-refractivity contribution is -0.384. The molecule has 0 amide bonds. The van der Waals surface area contributed by atoms with Crippen LogP contribution in [-0.2, 0) is 10.0 Å². The lowest BCUT2D eigenvalue weighted by Gasteiger charge is -2.27. The topological polar surface area (TPSA) is 89.8 Å². The van der Waals surface area contributed by atoms with Gasteiger partial charge < -0.3 is 4.74 Å². The third kappa shape index (κ3) is 3.34. The maximum atomic E-state index is 11.8. The molecule has 19 heavy (non-hydrogen) atoms. The highest BCUT2D eigenvalue weighted by Gasteiger charge is 2.25. The summed E-state index contributed by atoms with van der Waals surface area (Å²) in [6, 6.07) is 3.50. The molecule has 0 aliphatic heterocycles. The molecule has 0 aromatic heterocycles. The number of anilines is 1. The normalized spacial score (nSPS) is 11.4. The van der Waals surface area contributed by atoms with Crippen molar-refractivity contribution in [3.8, 4) is 5.75 Å². The van der Waals surface area contributed by atoms with Gasteiger partial charge in [-0.2, -0.15) is 0 Å². The molecule has 0 spiro atoms. The Morgan fingerprint density at radius 1 is 1.37 bits per heavy atom. The fourth-order valence-corrected chi connectivity index (χ4v) is 3.08. The average Bonchev–Trinajstić information content (AvgIpc) is 2.26. The predicted octanol–water partition coefficient (Wildman–Crippen LogP) is 1.78. The number of hydrogen-bond donors (Lipinski definition) is 0. The van der Waals surface area contributed by atoms with Crippen molar-refractivity contribution in [3.05, 3.63) is 28.3 Å². The smallest absolute Gasteiger partial charge is 0.273 e. The van der Waals surface area contributed by atoms with Crippen LogP contribution in [0.2, 0.25) is 0 Å². The summed E-state index contributed by atoms with van der Waals surface area (Å²) in [4.78, 5) is 10.1. The van der Waals surface area contributed by atoms with E-state index in [1.165, 1.54) is 25.3 Å². The number of non-ortho nitro benzene ring substituents is 1. The molecule has 0 saturated heterocycles. The third-order valence-electron chi connectivity index (χ3n) is 2.44. The summed E-state index contributed by atoms with van der Waals surface area (Å²) in [5.74, 6) is 0.147. The highest BCUT2D eigenvalue weighted by molar-refractivity contribution is 7.92. The van der Waals surface area contributed by atoms with Gasteiger partial charge in [-0.05, 0) is 19.9 Å². The van der Waals surface area contributed by atoms with Gasteiger partial charge in [0, 0.05) is 12.1 Å². The Morgan fingerprint density at radius 2 is 1.95 bits per heavy atom. The Labute approximate surface area is 112 Å². The first-order chi connectivity index (χ1) is 8.68. The van der Waals surface area contributed by atoms with E-state index < -0.39 is 14.9 Å². The van der Waals surface area contributed by atoms with Crippen LogP contribution in [0.25, 0.3) is 0 Å². The van der Waals surface area contributed by atoms with Crippen molar-refractivity contribution in [2.45, 2.75) is 19.9 Å². The molecule has 0 unspecified atom stereocenters. The fourth-order valence-electron chi connectivity index (χ4n) is 1.80. The molecule has 1 rings (SSSR count). The van der Waals surface area contributed by atoms with Gasteiger partial charge in [0.05, 0.1) is 30.0 Å². The number of nitro groups is 1. The molecule has 0 N–H and O–H groups in total. The van der Waals surface area contributed by atoms with Gasteiger partial charge in [-0.1, -0.05) is 0 Å². The van der Waals surface area contributed by atoms with Gasteiger partial charge in [0.2, 0.25) is 10.0 Å². The standard InChI is InChI=1S/C11H16N2O5S/c1-8(2)12(19(4,16)17)10-6-5-9(13(14)15)7-11(10)18-3/h5-8H,1-4H3. The van der Waals surface area contributed by atoms with Crippen molar-refractivity contribution in [3.63, 3.8) is 0 Å². The molecule has 0 aliphatic rings. The Kier molecular flexibility index (Phi) is 4.35. The van der Waals surface area contributed by atoms with Crippen molar-refractivity contribution >= 4 is 21.4 Å². The first-order valence-corrected chi connectivity index (χ1v) is 7.35. The van der Waals surface area contributed by atoms with Crippen molar-refractivity contribution in [2.75, 3.05) is 17.7 Å². The van der Waals surface area contributed by atoms with Gasteiger partial charge >= 0.3 is 0 Å². The van der Waals surface area contributed by atoms with Gasteiger partial charge in [0.15, 0.2) is 0 Å². The molecule has 0 fully saturated rings. The number of sulfonamides is 1. The quantitative estimate of drug-likeness (QED) is 0.608. The molecule has 1 aromatic rings. The number of hydrogen-bond acceptors (Lipinski definition) is 5. The fraction of sp³-hybridized carbons (Fsp3) is 0.455. The van der Waals surface area contributed by atoms with Crippen molar-refractivity contribution in [2.24, 2.45) is 0 Å². The third-order valence-corrected chi connectivity index (χ3v) is 3.77. The lowest BCUT2D eigenvalue weighted by Crippen LogP contribution is -2.36. The summed E-state index contributed by atoms with van der Waals surface area (Å²) in [5.41, 5.74) is 0.128. The zero-order chi connectivity index (χ0) is 14.8. The van der Waals surface area contributed by atoms with E-state index in [1.807, 2.05) is 0 Å². The second-order valence-electron chi connectivity index (χ2n) is 4.27. The molecule has 8 heteroatoms. The Morgan fingerprint density at radius 3 is 2.32 bits per heavy atom. The molecule has 0 heterocycles. The van der Waals surface area contributed by atoms with Crippen LogP contribution >= 0.6 is 0 Å². The molecule has 106 valence electrons. The van der Waals surface area contributed by atoms with Gasteiger partial charge in [0.25, 0.3) is 5.69 Å². The Balaban J connectivity index is 3.44. The second-order valence-corrected chi connectivity index (χ2v) is 6.13. The average molecular weight is 288 g/mol. The molecule has 7 nitrogen and oxygen atoms in total. The number of ether oxygens (including phenoxy) is 1. The number of methoxy groups -OCH3 is 1. The molecule has 0 bridgehead atoms. The summed E-state index contributed by atoms with van der Waals surface area (Å²) in [6.07, 6.45) is 1.08. The SMILES string of the molecule is COc1cc([N+](=O)[O-])ccc1N(C(C)C)S(C)(=O)=O. The van der Waals surface area contributed by atoms with Gasteiger partial charge in [-0.15, -0.1) is 0 Å². The Bertz CT molecular complexity index is 583. The monoisotopic (exact) mass is 288 g/mol. The van der Waals surface area contributed by atoms with Crippen LogP contribution in [-0.4, -0.2) is 32.7 Å². The largest absolute Gasteiger partial charge is 0.494 e. The molecular formula is C11H16N2O5S. The zero-order valence-electron chi connectivity index (χ0n) is 11.2. The van der Waals surface area contributed by atoms with Crippen molar-refractivity contribution in [1.29, 1.82) is 0 Å². The number of benzene rings is 1. The molecule has 1 aromatic carbocycles. The maximum Gasteiger partial charge on any atom is 0.273 e. The highest BCUT2D eigenvalue weighted by Crippen LogP contribution is 2.34. The van der Waals surface area contributed by atoms with E-state index in [4.69, 9.17) is 4.74 Å². The molecule has 0 saturated carbocycles. The van der Waals surface area contributed by atoms with Crippen LogP contribution < -0.4 is 9.04 Å². The minimum atomic E-state index is -3.50. The summed E-state index contributed by atoms with van der Waals surface area (Å²) in [7, 11) is -2.16. The predicted molar refractivity (Wildman–Crippen MR) is 72.1 cm³/mol. The molecular weight excluding hydrogens is 272 g/mol. The van der Waals surface area contributed by atoms with Gasteiger partial charge in [-0.25, -0.2) is 8.42 Å². The Hall–Kier alpha value is -1.83. The van der Waals surface area contributed by atoms with Crippen LogP contribution in [0.15, 0.2) is 18.2 Å². The highest BCUT2D eigenvalue weighted by atomic mass is 32.2. The lowest BCUT2D eigenvalue weighted by atomic mass is 10.2. The van der Waals surface area contributed by atoms with Crippen LogP contribution in [0, 0.1) is 10.1 Å². The molecule has 0 radical (unpaired) electrons. The molecule has 0 aliphatic carbocycles. The first kappa shape index (κ1) is 15.2. The van der Waals surface area contributed by atoms with Crippen LogP contribution in [0.4, 0.5) is 11.4 Å². The van der Waals surface area contributed by atoms with E-state index >= 15 is 0 Å². The van der Waals surface area contributed by atoms with E-state index in [2.05, 4.69) is 0 Å². The number of rotatable bonds is 5. The van der Waals surface area contributed by atoms with Crippen LogP contribution in [0.3, 0.4) is 0 Å². The molecule has 0 atom stereocenters. The van der Waals surface area contributed by atoms with E-state index in [-0.39, 0.29) is 23.2 Å². The summed E-state index contributed by atoms with van der Waals surface area (Å²) >= 11 is 0. The zero-order valence-corrected chi connectivity index (χ0v) is 12.0. The first-order valence-electron chi connectivity index (χ1n) is 5.50. The van der Waals surface area contributed by atoms with E-state index in [1.54, 1.807) is 13.8 Å². The van der Waals surface area contributed by atoms with Crippen molar-refractivity contribution in [1.82, 2.24) is 0 Å². The van der Waals surface area contributed by atoms with Crippen LogP contribution in [0.1, 0.15) is 13.8 Å². The summed E-state index contributed by atoms with van der Waals surface area (Å²) < 4.78 is 29.8. The summed E-state index contributed by atoms with van der Waals surface area (Å²) in [5, 5.41) is 10.7. The van der Waals surface area contributed by atoms with Gasteiger partial charge in [-0.3, -0.25) is 14.4 Å².